The number of benzene rings is 2. The molecule has 0 saturated heterocycles. The summed E-state index contributed by atoms with van der Waals surface area (Å²) in [4.78, 5) is 2.08. The Balaban J connectivity index is 1.99. The standard InChI is InChI=1S/C17H21FN2/c1-13(11-14-7-9-15(18)10-8-14)19-16-5-4-6-17(12-16)20(2)3/h4-10,12-13,19H,11H2,1-3H3. The van der Waals surface area contributed by atoms with Crippen LogP contribution < -0.4 is 10.2 Å². The van der Waals surface area contributed by atoms with Gasteiger partial charge in [-0.2, -0.15) is 0 Å². The quantitative estimate of drug-likeness (QED) is 0.887. The molecular weight excluding hydrogens is 251 g/mol. The van der Waals surface area contributed by atoms with Gasteiger partial charge in [0.15, 0.2) is 0 Å². The van der Waals surface area contributed by atoms with E-state index in [2.05, 4.69) is 35.3 Å². The average Bonchev–Trinajstić information content (AvgIpc) is 2.41. The van der Waals surface area contributed by atoms with Crippen LogP contribution in [0.2, 0.25) is 0 Å². The molecule has 0 bridgehead atoms. The van der Waals surface area contributed by atoms with Gasteiger partial charge in [0.2, 0.25) is 0 Å². The van der Waals surface area contributed by atoms with Crippen molar-refractivity contribution in [2.75, 3.05) is 24.3 Å². The number of anilines is 2. The summed E-state index contributed by atoms with van der Waals surface area (Å²) in [6.07, 6.45) is 0.868. The van der Waals surface area contributed by atoms with Crippen molar-refractivity contribution >= 4 is 11.4 Å². The zero-order chi connectivity index (χ0) is 14.5. The monoisotopic (exact) mass is 272 g/mol. The highest BCUT2D eigenvalue weighted by Gasteiger charge is 2.05. The zero-order valence-corrected chi connectivity index (χ0v) is 12.2. The Labute approximate surface area is 120 Å². The molecule has 0 spiro atoms. The third-order valence-electron chi connectivity index (χ3n) is 3.23. The molecule has 20 heavy (non-hydrogen) atoms. The highest BCUT2D eigenvalue weighted by Crippen LogP contribution is 2.18. The first-order valence-corrected chi connectivity index (χ1v) is 6.83. The van der Waals surface area contributed by atoms with Gasteiger partial charge in [0.25, 0.3) is 0 Å². The van der Waals surface area contributed by atoms with E-state index in [1.165, 1.54) is 17.8 Å². The Morgan fingerprint density at radius 1 is 1.10 bits per heavy atom. The zero-order valence-electron chi connectivity index (χ0n) is 12.2. The lowest BCUT2D eigenvalue weighted by atomic mass is 10.1. The predicted molar refractivity (Wildman–Crippen MR) is 84.0 cm³/mol. The number of hydrogen-bond donors (Lipinski definition) is 1. The van der Waals surface area contributed by atoms with Crippen LogP contribution in [-0.4, -0.2) is 20.1 Å². The summed E-state index contributed by atoms with van der Waals surface area (Å²) < 4.78 is 12.9. The Morgan fingerprint density at radius 3 is 2.45 bits per heavy atom. The topological polar surface area (TPSA) is 15.3 Å². The smallest absolute Gasteiger partial charge is 0.123 e. The maximum Gasteiger partial charge on any atom is 0.123 e. The Kier molecular flexibility index (Phi) is 4.61. The van der Waals surface area contributed by atoms with Crippen LogP contribution in [0.4, 0.5) is 15.8 Å². The van der Waals surface area contributed by atoms with E-state index >= 15 is 0 Å². The molecule has 0 aliphatic rings. The third kappa shape index (κ3) is 3.98. The predicted octanol–water partition coefficient (Wildman–Crippen LogP) is 3.93. The van der Waals surface area contributed by atoms with Gasteiger partial charge in [-0.1, -0.05) is 18.2 Å². The molecule has 0 fully saturated rings. The molecule has 0 heterocycles. The van der Waals surface area contributed by atoms with Crippen LogP contribution >= 0.6 is 0 Å². The Hall–Kier alpha value is -2.03. The van der Waals surface area contributed by atoms with E-state index in [0.717, 1.165) is 17.7 Å². The molecule has 2 aromatic carbocycles. The number of nitrogens with one attached hydrogen (secondary N) is 1. The third-order valence-corrected chi connectivity index (χ3v) is 3.23. The summed E-state index contributed by atoms with van der Waals surface area (Å²) >= 11 is 0. The highest BCUT2D eigenvalue weighted by atomic mass is 19.1. The van der Waals surface area contributed by atoms with Gasteiger partial charge in [-0.05, 0) is 49.2 Å². The van der Waals surface area contributed by atoms with Crippen LogP contribution in [0.25, 0.3) is 0 Å². The van der Waals surface area contributed by atoms with Crippen molar-refractivity contribution in [1.29, 1.82) is 0 Å². The second kappa shape index (κ2) is 6.42. The normalized spacial score (nSPS) is 12.0. The molecule has 0 amide bonds. The fourth-order valence-corrected chi connectivity index (χ4v) is 2.18. The van der Waals surface area contributed by atoms with E-state index in [9.17, 15) is 4.39 Å². The van der Waals surface area contributed by atoms with E-state index < -0.39 is 0 Å². The maximum atomic E-state index is 12.9. The summed E-state index contributed by atoms with van der Waals surface area (Å²) in [5.41, 5.74) is 3.41. The molecule has 1 unspecified atom stereocenters. The van der Waals surface area contributed by atoms with Gasteiger partial charge in [0.1, 0.15) is 5.82 Å². The van der Waals surface area contributed by atoms with Crippen LogP contribution in [0.5, 0.6) is 0 Å². The minimum absolute atomic E-state index is 0.187. The first-order valence-electron chi connectivity index (χ1n) is 6.83. The molecule has 106 valence electrons. The minimum Gasteiger partial charge on any atom is -0.382 e. The molecule has 0 aliphatic heterocycles. The summed E-state index contributed by atoms with van der Waals surface area (Å²) in [6.45, 7) is 2.13. The summed E-state index contributed by atoms with van der Waals surface area (Å²) in [7, 11) is 4.06. The van der Waals surface area contributed by atoms with Gasteiger partial charge in [-0.15, -0.1) is 0 Å². The fourth-order valence-electron chi connectivity index (χ4n) is 2.18. The lowest BCUT2D eigenvalue weighted by Gasteiger charge is -2.18. The Bertz CT molecular complexity index is 549. The molecule has 1 atom stereocenters. The van der Waals surface area contributed by atoms with E-state index in [0.29, 0.717) is 0 Å². The van der Waals surface area contributed by atoms with Crippen molar-refractivity contribution in [1.82, 2.24) is 0 Å². The van der Waals surface area contributed by atoms with Gasteiger partial charge >= 0.3 is 0 Å². The molecule has 1 N–H and O–H groups in total. The molecule has 0 aromatic heterocycles. The van der Waals surface area contributed by atoms with Crippen LogP contribution in [0.15, 0.2) is 48.5 Å². The summed E-state index contributed by atoms with van der Waals surface area (Å²) in [5, 5.41) is 3.48. The number of halogens is 1. The van der Waals surface area contributed by atoms with Crippen molar-refractivity contribution in [2.45, 2.75) is 19.4 Å². The largest absolute Gasteiger partial charge is 0.382 e. The van der Waals surface area contributed by atoms with E-state index in [1.807, 2.05) is 32.3 Å². The van der Waals surface area contributed by atoms with Crippen molar-refractivity contribution in [2.24, 2.45) is 0 Å². The fraction of sp³-hybridized carbons (Fsp3) is 0.294. The number of nitrogens with zero attached hydrogens (tertiary/aromatic N) is 1. The van der Waals surface area contributed by atoms with Crippen molar-refractivity contribution < 1.29 is 4.39 Å². The first kappa shape index (κ1) is 14.4. The van der Waals surface area contributed by atoms with E-state index in [1.54, 1.807) is 0 Å². The van der Waals surface area contributed by atoms with E-state index in [-0.39, 0.29) is 11.9 Å². The maximum absolute atomic E-state index is 12.9. The van der Waals surface area contributed by atoms with Crippen molar-refractivity contribution in [3.63, 3.8) is 0 Å². The van der Waals surface area contributed by atoms with Crippen LogP contribution in [-0.2, 0) is 6.42 Å². The lowest BCUT2D eigenvalue weighted by molar-refractivity contribution is 0.626. The van der Waals surface area contributed by atoms with Crippen LogP contribution in [0.3, 0.4) is 0 Å². The molecule has 0 saturated carbocycles. The second-order valence-corrected chi connectivity index (χ2v) is 5.32. The van der Waals surface area contributed by atoms with Gasteiger partial charge in [-0.25, -0.2) is 4.39 Å². The number of hydrogen-bond acceptors (Lipinski definition) is 2. The molecule has 2 nitrogen and oxygen atoms in total. The van der Waals surface area contributed by atoms with Crippen LogP contribution in [0.1, 0.15) is 12.5 Å². The Morgan fingerprint density at radius 2 is 1.80 bits per heavy atom. The first-order chi connectivity index (χ1) is 9.54. The summed E-state index contributed by atoms with van der Waals surface area (Å²) in [5.74, 6) is -0.187. The molecule has 2 aromatic rings. The molecule has 2 rings (SSSR count). The van der Waals surface area contributed by atoms with E-state index in [4.69, 9.17) is 0 Å². The average molecular weight is 272 g/mol. The van der Waals surface area contributed by atoms with Gasteiger partial charge < -0.3 is 10.2 Å². The molecule has 0 radical (unpaired) electrons. The summed E-state index contributed by atoms with van der Waals surface area (Å²) in [6, 6.07) is 15.3. The molecule has 0 aliphatic carbocycles. The molecule has 3 heteroatoms. The second-order valence-electron chi connectivity index (χ2n) is 5.32. The van der Waals surface area contributed by atoms with Gasteiger partial charge in [0.05, 0.1) is 0 Å². The number of rotatable bonds is 5. The van der Waals surface area contributed by atoms with Crippen LogP contribution in [0, 0.1) is 5.82 Å². The lowest BCUT2D eigenvalue weighted by Crippen LogP contribution is -2.18. The van der Waals surface area contributed by atoms with Gasteiger partial charge in [0, 0.05) is 31.5 Å². The highest BCUT2D eigenvalue weighted by molar-refractivity contribution is 5.57. The van der Waals surface area contributed by atoms with Crippen molar-refractivity contribution in [3.8, 4) is 0 Å². The minimum atomic E-state index is -0.187. The SMILES string of the molecule is CC(Cc1ccc(F)cc1)Nc1cccc(N(C)C)c1. The molecular formula is C17H21FN2. The van der Waals surface area contributed by atoms with Crippen molar-refractivity contribution in [3.05, 3.63) is 59.9 Å². The van der Waals surface area contributed by atoms with Gasteiger partial charge in [-0.3, -0.25) is 0 Å².